The van der Waals surface area contributed by atoms with E-state index in [4.69, 9.17) is 0 Å². The molecule has 6 heteroatoms. The van der Waals surface area contributed by atoms with Crippen LogP contribution in [-0.2, 0) is 9.59 Å². The van der Waals surface area contributed by atoms with Gasteiger partial charge in [-0.25, -0.2) is 0 Å². The van der Waals surface area contributed by atoms with Gasteiger partial charge >= 0.3 is 0 Å². The SMILES string of the molecule is O=C(CN1CCN(C(=O)C2CCCN2)CC1)NC1CC1. The molecule has 1 saturated carbocycles. The smallest absolute Gasteiger partial charge is 0.239 e. The number of carbonyl (C=O) groups is 2. The molecule has 2 saturated heterocycles. The lowest BCUT2D eigenvalue weighted by Gasteiger charge is -2.35. The first-order valence-electron chi connectivity index (χ1n) is 7.76. The van der Waals surface area contributed by atoms with Gasteiger partial charge in [0.2, 0.25) is 11.8 Å². The summed E-state index contributed by atoms with van der Waals surface area (Å²) < 4.78 is 0. The van der Waals surface area contributed by atoms with Gasteiger partial charge in [0.05, 0.1) is 12.6 Å². The minimum atomic E-state index is 0.0275. The Hall–Kier alpha value is -1.14. The minimum absolute atomic E-state index is 0.0275. The molecule has 112 valence electrons. The van der Waals surface area contributed by atoms with Crippen molar-refractivity contribution in [2.75, 3.05) is 39.3 Å². The molecule has 0 radical (unpaired) electrons. The molecule has 6 nitrogen and oxygen atoms in total. The second-order valence-electron chi connectivity index (χ2n) is 6.09. The van der Waals surface area contributed by atoms with Crippen molar-refractivity contribution in [2.45, 2.75) is 37.8 Å². The maximum atomic E-state index is 12.2. The summed E-state index contributed by atoms with van der Waals surface area (Å²) in [5.74, 6) is 0.370. The molecule has 3 aliphatic rings. The lowest BCUT2D eigenvalue weighted by molar-refractivity contribution is -0.135. The fourth-order valence-electron chi connectivity index (χ4n) is 2.95. The second kappa shape index (κ2) is 6.10. The zero-order valence-electron chi connectivity index (χ0n) is 11.9. The van der Waals surface area contributed by atoms with E-state index in [1.165, 1.54) is 0 Å². The Bertz CT molecular complexity index is 369. The number of carbonyl (C=O) groups excluding carboxylic acids is 2. The summed E-state index contributed by atoms with van der Waals surface area (Å²) in [6.45, 7) is 4.52. The van der Waals surface area contributed by atoms with Crippen molar-refractivity contribution in [1.29, 1.82) is 0 Å². The number of hydrogen-bond acceptors (Lipinski definition) is 4. The number of nitrogens with one attached hydrogen (secondary N) is 2. The molecule has 3 fully saturated rings. The Morgan fingerprint density at radius 3 is 2.45 bits per heavy atom. The molecular formula is C14H24N4O2. The van der Waals surface area contributed by atoms with Crippen LogP contribution in [0.2, 0.25) is 0 Å². The molecule has 2 aliphatic heterocycles. The molecule has 1 atom stereocenters. The highest BCUT2D eigenvalue weighted by molar-refractivity contribution is 5.82. The summed E-state index contributed by atoms with van der Waals surface area (Å²) in [7, 11) is 0. The van der Waals surface area contributed by atoms with Crippen LogP contribution in [0.25, 0.3) is 0 Å². The van der Waals surface area contributed by atoms with Crippen molar-refractivity contribution in [2.24, 2.45) is 0 Å². The van der Waals surface area contributed by atoms with Crippen molar-refractivity contribution in [3.05, 3.63) is 0 Å². The number of piperazine rings is 1. The molecule has 20 heavy (non-hydrogen) atoms. The van der Waals surface area contributed by atoms with E-state index in [-0.39, 0.29) is 17.9 Å². The molecule has 0 spiro atoms. The van der Waals surface area contributed by atoms with E-state index in [0.717, 1.165) is 58.4 Å². The predicted octanol–water partition coefficient (Wildman–Crippen LogP) is -0.839. The third-order valence-electron chi connectivity index (χ3n) is 4.35. The Kier molecular flexibility index (Phi) is 4.21. The van der Waals surface area contributed by atoms with Gasteiger partial charge in [-0.1, -0.05) is 0 Å². The summed E-state index contributed by atoms with van der Waals surface area (Å²) in [4.78, 5) is 28.1. The van der Waals surface area contributed by atoms with Crippen LogP contribution in [-0.4, -0.2) is 73.0 Å². The molecular weight excluding hydrogens is 256 g/mol. The van der Waals surface area contributed by atoms with Crippen LogP contribution in [0, 0.1) is 0 Å². The predicted molar refractivity (Wildman–Crippen MR) is 75.2 cm³/mol. The van der Waals surface area contributed by atoms with Gasteiger partial charge in [0.25, 0.3) is 0 Å². The highest BCUT2D eigenvalue weighted by Crippen LogP contribution is 2.18. The van der Waals surface area contributed by atoms with Gasteiger partial charge in [0, 0.05) is 32.2 Å². The van der Waals surface area contributed by atoms with Crippen molar-refractivity contribution >= 4 is 11.8 Å². The summed E-state index contributed by atoms with van der Waals surface area (Å²) in [6.07, 6.45) is 4.31. The highest BCUT2D eigenvalue weighted by atomic mass is 16.2. The lowest BCUT2D eigenvalue weighted by atomic mass is 10.2. The van der Waals surface area contributed by atoms with Crippen molar-refractivity contribution in [3.8, 4) is 0 Å². The van der Waals surface area contributed by atoms with Gasteiger partial charge in [0.15, 0.2) is 0 Å². The molecule has 2 amide bonds. The average Bonchev–Trinajstić information content (AvgIpc) is 3.08. The maximum Gasteiger partial charge on any atom is 0.239 e. The van der Waals surface area contributed by atoms with E-state index < -0.39 is 0 Å². The number of hydrogen-bond donors (Lipinski definition) is 2. The van der Waals surface area contributed by atoms with E-state index >= 15 is 0 Å². The van der Waals surface area contributed by atoms with Crippen LogP contribution in [0.5, 0.6) is 0 Å². The van der Waals surface area contributed by atoms with Crippen LogP contribution in [0.3, 0.4) is 0 Å². The summed E-state index contributed by atoms with van der Waals surface area (Å²) in [5.41, 5.74) is 0. The Morgan fingerprint density at radius 1 is 1.10 bits per heavy atom. The van der Waals surface area contributed by atoms with Crippen LogP contribution < -0.4 is 10.6 Å². The van der Waals surface area contributed by atoms with Gasteiger partial charge in [-0.05, 0) is 32.2 Å². The molecule has 1 unspecified atom stereocenters. The molecule has 0 aromatic carbocycles. The second-order valence-corrected chi connectivity index (χ2v) is 6.09. The largest absolute Gasteiger partial charge is 0.352 e. The van der Waals surface area contributed by atoms with Crippen molar-refractivity contribution in [3.63, 3.8) is 0 Å². The highest BCUT2D eigenvalue weighted by Gasteiger charge is 2.30. The monoisotopic (exact) mass is 280 g/mol. The van der Waals surface area contributed by atoms with E-state index in [0.29, 0.717) is 12.6 Å². The molecule has 1 aliphatic carbocycles. The van der Waals surface area contributed by atoms with Crippen LogP contribution >= 0.6 is 0 Å². The number of nitrogens with zero attached hydrogens (tertiary/aromatic N) is 2. The van der Waals surface area contributed by atoms with Crippen molar-refractivity contribution < 1.29 is 9.59 Å². The molecule has 2 N–H and O–H groups in total. The minimum Gasteiger partial charge on any atom is -0.352 e. The average molecular weight is 280 g/mol. The topological polar surface area (TPSA) is 64.7 Å². The quantitative estimate of drug-likeness (QED) is 0.705. The van der Waals surface area contributed by atoms with Gasteiger partial charge in [-0.2, -0.15) is 0 Å². The summed E-state index contributed by atoms with van der Waals surface area (Å²) in [6, 6.07) is 0.457. The third kappa shape index (κ3) is 3.49. The zero-order chi connectivity index (χ0) is 13.9. The Labute approximate surface area is 119 Å². The third-order valence-corrected chi connectivity index (χ3v) is 4.35. The van der Waals surface area contributed by atoms with Gasteiger partial charge in [-0.15, -0.1) is 0 Å². The standard InChI is InChI=1S/C14H24N4O2/c19-13(16-11-3-4-11)10-17-6-8-18(9-7-17)14(20)12-2-1-5-15-12/h11-12,15H,1-10H2,(H,16,19). The Balaban J connectivity index is 1.39. The van der Waals surface area contributed by atoms with Gasteiger partial charge in [0.1, 0.15) is 0 Å². The Morgan fingerprint density at radius 2 is 1.85 bits per heavy atom. The van der Waals surface area contributed by atoms with Crippen molar-refractivity contribution in [1.82, 2.24) is 20.4 Å². The fraction of sp³-hybridized carbons (Fsp3) is 0.857. The zero-order valence-corrected chi connectivity index (χ0v) is 11.9. The fourth-order valence-corrected chi connectivity index (χ4v) is 2.95. The van der Waals surface area contributed by atoms with Gasteiger partial charge < -0.3 is 15.5 Å². The summed E-state index contributed by atoms with van der Waals surface area (Å²) >= 11 is 0. The van der Waals surface area contributed by atoms with E-state index in [1.807, 2.05) is 4.90 Å². The molecule has 0 aromatic rings. The van der Waals surface area contributed by atoms with Crippen LogP contribution in [0.15, 0.2) is 0 Å². The van der Waals surface area contributed by atoms with E-state index in [9.17, 15) is 9.59 Å². The maximum absolute atomic E-state index is 12.2. The number of rotatable bonds is 4. The molecule has 2 heterocycles. The van der Waals surface area contributed by atoms with Crippen LogP contribution in [0.4, 0.5) is 0 Å². The van der Waals surface area contributed by atoms with E-state index in [1.54, 1.807) is 0 Å². The lowest BCUT2D eigenvalue weighted by Crippen LogP contribution is -2.54. The number of amides is 2. The first kappa shape index (κ1) is 13.8. The molecule has 0 bridgehead atoms. The van der Waals surface area contributed by atoms with Gasteiger partial charge in [-0.3, -0.25) is 14.5 Å². The van der Waals surface area contributed by atoms with E-state index in [2.05, 4.69) is 15.5 Å². The van der Waals surface area contributed by atoms with Crippen LogP contribution in [0.1, 0.15) is 25.7 Å². The molecule has 0 aromatic heterocycles. The first-order chi connectivity index (χ1) is 9.72. The first-order valence-corrected chi connectivity index (χ1v) is 7.76. The molecule has 3 rings (SSSR count). The normalized spacial score (nSPS) is 27.6. The summed E-state index contributed by atoms with van der Waals surface area (Å²) in [5, 5.41) is 6.27.